The Kier molecular flexibility index (Phi) is 4.25. The molecule has 0 atom stereocenters. The van der Waals surface area contributed by atoms with Crippen LogP contribution in [0, 0.1) is 12.7 Å². The first-order chi connectivity index (χ1) is 9.49. The second-order valence-electron chi connectivity index (χ2n) is 4.47. The van der Waals surface area contributed by atoms with Crippen molar-refractivity contribution in [3.8, 4) is 0 Å². The van der Waals surface area contributed by atoms with Gasteiger partial charge in [0.1, 0.15) is 5.82 Å². The number of aryl methyl sites for hydroxylation is 1. The molecule has 0 aliphatic rings. The molecule has 2 aromatic carbocycles. The summed E-state index contributed by atoms with van der Waals surface area (Å²) in [6.45, 7) is 2.08. The van der Waals surface area contributed by atoms with E-state index in [1.807, 2.05) is 13.0 Å². The first-order valence-electron chi connectivity index (χ1n) is 6.06. The second kappa shape index (κ2) is 5.92. The summed E-state index contributed by atoms with van der Waals surface area (Å²) >= 11 is 5.69. The van der Waals surface area contributed by atoms with E-state index in [0.717, 1.165) is 11.1 Å². The third kappa shape index (κ3) is 3.08. The lowest BCUT2D eigenvalue weighted by Gasteiger charge is -2.10. The molecule has 0 aromatic heterocycles. The van der Waals surface area contributed by atoms with Crippen molar-refractivity contribution in [1.82, 2.24) is 5.32 Å². The monoisotopic (exact) mass is 292 g/mol. The molecule has 0 heterocycles. The van der Waals surface area contributed by atoms with Crippen LogP contribution in [0.3, 0.4) is 0 Å². The SMILES string of the molecule is Cc1cccc(N)c1C(=O)NCc1ccc(F)c(Cl)c1. The van der Waals surface area contributed by atoms with Crippen LogP contribution in [0.1, 0.15) is 21.5 Å². The van der Waals surface area contributed by atoms with Gasteiger partial charge in [-0.1, -0.05) is 29.8 Å². The lowest BCUT2D eigenvalue weighted by Crippen LogP contribution is -2.24. The summed E-state index contributed by atoms with van der Waals surface area (Å²) < 4.78 is 13.0. The highest BCUT2D eigenvalue weighted by molar-refractivity contribution is 6.30. The number of amides is 1. The number of nitrogens with two attached hydrogens (primary N) is 1. The Bertz CT molecular complexity index is 638. The van der Waals surface area contributed by atoms with Gasteiger partial charge in [-0.05, 0) is 36.2 Å². The minimum Gasteiger partial charge on any atom is -0.398 e. The molecule has 2 aromatic rings. The number of nitrogens with one attached hydrogen (secondary N) is 1. The maximum Gasteiger partial charge on any atom is 0.253 e. The van der Waals surface area contributed by atoms with Gasteiger partial charge in [0.25, 0.3) is 5.91 Å². The van der Waals surface area contributed by atoms with Crippen molar-refractivity contribution in [2.24, 2.45) is 0 Å². The summed E-state index contributed by atoms with van der Waals surface area (Å²) in [5, 5.41) is 2.78. The summed E-state index contributed by atoms with van der Waals surface area (Å²) in [7, 11) is 0. The minimum absolute atomic E-state index is 0.0344. The average molecular weight is 293 g/mol. The lowest BCUT2D eigenvalue weighted by molar-refractivity contribution is 0.0951. The van der Waals surface area contributed by atoms with Crippen molar-refractivity contribution in [2.75, 3.05) is 5.73 Å². The van der Waals surface area contributed by atoms with Gasteiger partial charge < -0.3 is 11.1 Å². The van der Waals surface area contributed by atoms with Gasteiger partial charge in [-0.15, -0.1) is 0 Å². The second-order valence-corrected chi connectivity index (χ2v) is 4.88. The fourth-order valence-electron chi connectivity index (χ4n) is 1.92. The number of carbonyl (C=O) groups is 1. The van der Waals surface area contributed by atoms with Crippen molar-refractivity contribution in [2.45, 2.75) is 13.5 Å². The molecule has 0 saturated carbocycles. The van der Waals surface area contributed by atoms with E-state index in [1.54, 1.807) is 18.2 Å². The Hall–Kier alpha value is -2.07. The number of rotatable bonds is 3. The van der Waals surface area contributed by atoms with Crippen molar-refractivity contribution >= 4 is 23.2 Å². The van der Waals surface area contributed by atoms with Crippen LogP contribution in [0.4, 0.5) is 10.1 Å². The van der Waals surface area contributed by atoms with E-state index < -0.39 is 5.82 Å². The summed E-state index contributed by atoms with van der Waals surface area (Å²) in [5.41, 5.74) is 8.22. The number of halogens is 2. The predicted molar refractivity (Wildman–Crippen MR) is 78.2 cm³/mol. The Morgan fingerprint density at radius 3 is 2.75 bits per heavy atom. The zero-order chi connectivity index (χ0) is 14.7. The van der Waals surface area contributed by atoms with E-state index in [9.17, 15) is 9.18 Å². The quantitative estimate of drug-likeness (QED) is 0.853. The Balaban J connectivity index is 2.11. The molecule has 3 N–H and O–H groups in total. The van der Waals surface area contributed by atoms with E-state index in [0.29, 0.717) is 11.3 Å². The van der Waals surface area contributed by atoms with Crippen LogP contribution in [0.15, 0.2) is 36.4 Å². The minimum atomic E-state index is -0.482. The molecule has 3 nitrogen and oxygen atoms in total. The number of carbonyl (C=O) groups excluding carboxylic acids is 1. The maximum absolute atomic E-state index is 13.0. The largest absolute Gasteiger partial charge is 0.398 e. The molecule has 0 fully saturated rings. The molecule has 104 valence electrons. The summed E-state index contributed by atoms with van der Waals surface area (Å²) in [4.78, 5) is 12.1. The highest BCUT2D eigenvalue weighted by atomic mass is 35.5. The van der Waals surface area contributed by atoms with E-state index in [-0.39, 0.29) is 17.5 Å². The molecule has 0 radical (unpaired) electrons. The van der Waals surface area contributed by atoms with Gasteiger partial charge in [0.2, 0.25) is 0 Å². The molecule has 20 heavy (non-hydrogen) atoms. The highest BCUT2D eigenvalue weighted by Gasteiger charge is 2.12. The molecule has 1 amide bonds. The number of hydrogen-bond acceptors (Lipinski definition) is 2. The Morgan fingerprint density at radius 2 is 2.10 bits per heavy atom. The van der Waals surface area contributed by atoms with Crippen molar-refractivity contribution < 1.29 is 9.18 Å². The molecule has 2 rings (SSSR count). The Morgan fingerprint density at radius 1 is 1.35 bits per heavy atom. The standard InChI is InChI=1S/C15H14ClFN2O/c1-9-3-2-4-13(18)14(9)15(20)19-8-10-5-6-12(17)11(16)7-10/h2-7H,8,18H2,1H3,(H,19,20). The predicted octanol–water partition coefficient (Wildman–Crippen LogP) is 3.30. The molecular formula is C15H14ClFN2O. The van der Waals surface area contributed by atoms with Gasteiger partial charge in [0.15, 0.2) is 0 Å². The van der Waals surface area contributed by atoms with Crippen LogP contribution in [0.5, 0.6) is 0 Å². The van der Waals surface area contributed by atoms with Gasteiger partial charge in [-0.2, -0.15) is 0 Å². The van der Waals surface area contributed by atoms with Gasteiger partial charge in [-0.25, -0.2) is 4.39 Å². The van der Waals surface area contributed by atoms with E-state index in [4.69, 9.17) is 17.3 Å². The summed E-state index contributed by atoms with van der Waals surface area (Å²) in [6.07, 6.45) is 0. The third-order valence-corrected chi connectivity index (χ3v) is 3.26. The smallest absolute Gasteiger partial charge is 0.253 e. The summed E-state index contributed by atoms with van der Waals surface area (Å²) in [5.74, 6) is -0.745. The van der Waals surface area contributed by atoms with Crippen LogP contribution >= 0.6 is 11.6 Å². The van der Waals surface area contributed by atoms with E-state index >= 15 is 0 Å². The molecule has 0 spiro atoms. The van der Waals surface area contributed by atoms with Gasteiger partial charge in [-0.3, -0.25) is 4.79 Å². The molecule has 0 unspecified atom stereocenters. The fraction of sp³-hybridized carbons (Fsp3) is 0.133. The molecule has 0 saturated heterocycles. The van der Waals surface area contributed by atoms with Crippen LogP contribution in [-0.4, -0.2) is 5.91 Å². The van der Waals surface area contributed by atoms with Crippen molar-refractivity contribution in [3.63, 3.8) is 0 Å². The molecule has 0 bridgehead atoms. The van der Waals surface area contributed by atoms with Gasteiger partial charge >= 0.3 is 0 Å². The molecule has 5 heteroatoms. The van der Waals surface area contributed by atoms with Crippen LogP contribution < -0.4 is 11.1 Å². The van der Waals surface area contributed by atoms with Crippen LogP contribution in [0.2, 0.25) is 5.02 Å². The molecule has 0 aliphatic carbocycles. The average Bonchev–Trinajstić information content (AvgIpc) is 2.40. The maximum atomic E-state index is 13.0. The normalized spacial score (nSPS) is 10.3. The number of benzene rings is 2. The molecule has 0 aliphatic heterocycles. The number of nitrogen functional groups attached to an aromatic ring is 1. The first-order valence-corrected chi connectivity index (χ1v) is 6.44. The lowest BCUT2D eigenvalue weighted by atomic mass is 10.1. The zero-order valence-electron chi connectivity index (χ0n) is 10.9. The van der Waals surface area contributed by atoms with Crippen LogP contribution in [-0.2, 0) is 6.54 Å². The van der Waals surface area contributed by atoms with E-state index in [1.165, 1.54) is 12.1 Å². The third-order valence-electron chi connectivity index (χ3n) is 2.97. The topological polar surface area (TPSA) is 55.1 Å². The summed E-state index contributed by atoms with van der Waals surface area (Å²) in [6, 6.07) is 9.62. The number of anilines is 1. The van der Waals surface area contributed by atoms with Crippen LogP contribution in [0.25, 0.3) is 0 Å². The van der Waals surface area contributed by atoms with Gasteiger partial charge in [0, 0.05) is 12.2 Å². The number of hydrogen-bond donors (Lipinski definition) is 2. The highest BCUT2D eigenvalue weighted by Crippen LogP contribution is 2.18. The van der Waals surface area contributed by atoms with Gasteiger partial charge in [0.05, 0.1) is 10.6 Å². The first kappa shape index (κ1) is 14.3. The molecular weight excluding hydrogens is 279 g/mol. The fourth-order valence-corrected chi connectivity index (χ4v) is 2.12. The Labute approximate surface area is 121 Å². The van der Waals surface area contributed by atoms with Crippen molar-refractivity contribution in [3.05, 3.63) is 63.9 Å². The zero-order valence-corrected chi connectivity index (χ0v) is 11.7. The van der Waals surface area contributed by atoms with E-state index in [2.05, 4.69) is 5.32 Å². The van der Waals surface area contributed by atoms with Crippen molar-refractivity contribution in [1.29, 1.82) is 0 Å².